The number of hydrogen-bond donors (Lipinski definition) is 4. The van der Waals surface area contributed by atoms with Crippen LogP contribution >= 0.6 is 0 Å². The van der Waals surface area contributed by atoms with E-state index in [-0.39, 0.29) is 24.0 Å². The molecule has 2 aliphatic rings. The normalized spacial score (nSPS) is 28.7. The molecule has 0 spiro atoms. The third-order valence-electron chi connectivity index (χ3n) is 4.93. The van der Waals surface area contributed by atoms with E-state index in [0.717, 1.165) is 39.0 Å². The van der Waals surface area contributed by atoms with Gasteiger partial charge < -0.3 is 15.1 Å². The predicted molar refractivity (Wildman–Crippen MR) is 80.3 cm³/mol. The van der Waals surface area contributed by atoms with Crippen LogP contribution in [0.25, 0.3) is 0 Å². The van der Waals surface area contributed by atoms with Gasteiger partial charge in [-0.15, -0.1) is 0 Å². The number of rotatable bonds is 3. The molecule has 120 valence electrons. The van der Waals surface area contributed by atoms with Crippen LogP contribution in [0.4, 0.5) is 4.79 Å². The van der Waals surface area contributed by atoms with Gasteiger partial charge in [0.05, 0.1) is 7.05 Å². The Morgan fingerprint density at radius 2 is 1.67 bits per heavy atom. The van der Waals surface area contributed by atoms with Crippen molar-refractivity contribution < 1.29 is 19.4 Å². The van der Waals surface area contributed by atoms with Crippen LogP contribution in [0.2, 0.25) is 0 Å². The standard InChI is InChI=1S/C15H28N4O2/c1-12(19-10-8-18(2)9-11-19)14(20)17-15(21)16-13-6-4-3-5-7-13/h12-13H,3-11H2,1-2H3,(H2,16,17,20,21)/p+2/t12-/m1/s1. The van der Waals surface area contributed by atoms with Crippen LogP contribution in [-0.2, 0) is 4.79 Å². The van der Waals surface area contributed by atoms with E-state index in [1.54, 1.807) is 0 Å². The number of hydrogen-bond acceptors (Lipinski definition) is 2. The molecule has 0 bridgehead atoms. The fraction of sp³-hybridized carbons (Fsp3) is 0.867. The monoisotopic (exact) mass is 298 g/mol. The SMILES string of the molecule is C[C@H](C(=O)NC(=O)NC1CCCCC1)[NH+]1CC[NH+](C)CC1. The molecule has 1 atom stereocenters. The van der Waals surface area contributed by atoms with Crippen molar-refractivity contribution in [2.45, 2.75) is 51.1 Å². The molecule has 0 unspecified atom stereocenters. The molecule has 0 aromatic heterocycles. The largest absolute Gasteiger partial charge is 0.335 e. The van der Waals surface area contributed by atoms with Gasteiger partial charge in [-0.05, 0) is 19.8 Å². The topological polar surface area (TPSA) is 67.1 Å². The van der Waals surface area contributed by atoms with Crippen LogP contribution in [0.5, 0.6) is 0 Å². The lowest BCUT2D eigenvalue weighted by Gasteiger charge is -2.30. The average molecular weight is 298 g/mol. The summed E-state index contributed by atoms with van der Waals surface area (Å²) in [6.07, 6.45) is 5.66. The molecule has 21 heavy (non-hydrogen) atoms. The minimum atomic E-state index is -0.321. The van der Waals surface area contributed by atoms with E-state index in [9.17, 15) is 9.59 Å². The van der Waals surface area contributed by atoms with E-state index in [1.165, 1.54) is 29.1 Å². The van der Waals surface area contributed by atoms with E-state index in [0.29, 0.717) is 0 Å². The Morgan fingerprint density at radius 1 is 1.05 bits per heavy atom. The van der Waals surface area contributed by atoms with E-state index in [4.69, 9.17) is 0 Å². The number of quaternary nitrogens is 2. The molecule has 1 aliphatic carbocycles. The first-order chi connectivity index (χ1) is 10.1. The third-order valence-corrected chi connectivity index (χ3v) is 4.93. The second kappa shape index (κ2) is 7.75. The smallest absolute Gasteiger partial charge is 0.321 e. The quantitative estimate of drug-likeness (QED) is 0.484. The number of likely N-dealkylation sites (N-methyl/N-ethyl adjacent to an activating group) is 1. The zero-order valence-corrected chi connectivity index (χ0v) is 13.3. The highest BCUT2D eigenvalue weighted by molar-refractivity contribution is 5.96. The Hall–Kier alpha value is -1.14. The summed E-state index contributed by atoms with van der Waals surface area (Å²) in [5.74, 6) is -0.155. The maximum absolute atomic E-state index is 12.2. The van der Waals surface area contributed by atoms with Gasteiger partial charge in [0.2, 0.25) is 0 Å². The number of urea groups is 1. The molecule has 1 heterocycles. The molecule has 0 radical (unpaired) electrons. The maximum atomic E-state index is 12.2. The molecular formula is C15H30N4O2+2. The highest BCUT2D eigenvalue weighted by atomic mass is 16.2. The predicted octanol–water partition coefficient (Wildman–Crippen LogP) is -2.05. The van der Waals surface area contributed by atoms with Crippen molar-refractivity contribution in [2.24, 2.45) is 0 Å². The van der Waals surface area contributed by atoms with Crippen LogP contribution in [-0.4, -0.2) is 57.2 Å². The molecule has 2 fully saturated rings. The second-order valence-electron chi connectivity index (χ2n) is 6.63. The Bertz CT molecular complexity index is 361. The van der Waals surface area contributed by atoms with Gasteiger partial charge in [0, 0.05) is 6.04 Å². The molecule has 1 saturated carbocycles. The van der Waals surface area contributed by atoms with Crippen LogP contribution in [0.1, 0.15) is 39.0 Å². The fourth-order valence-electron chi connectivity index (χ4n) is 3.30. The van der Waals surface area contributed by atoms with E-state index < -0.39 is 0 Å². The Balaban J connectivity index is 1.73. The highest BCUT2D eigenvalue weighted by Crippen LogP contribution is 2.17. The number of carbonyl (C=O) groups is 2. The first-order valence-corrected chi connectivity index (χ1v) is 8.33. The minimum Gasteiger partial charge on any atom is -0.335 e. The minimum absolute atomic E-state index is 0.155. The molecule has 6 heteroatoms. The van der Waals surface area contributed by atoms with Gasteiger partial charge in [0.15, 0.2) is 6.04 Å². The molecule has 6 nitrogen and oxygen atoms in total. The Labute approximate surface area is 127 Å². The molecule has 4 N–H and O–H groups in total. The average Bonchev–Trinajstić information content (AvgIpc) is 2.48. The summed E-state index contributed by atoms with van der Waals surface area (Å²) in [6, 6.07) is -0.241. The number of carbonyl (C=O) groups excluding carboxylic acids is 2. The molecule has 1 aliphatic heterocycles. The second-order valence-corrected chi connectivity index (χ2v) is 6.63. The van der Waals surface area contributed by atoms with Gasteiger partial charge in [0.1, 0.15) is 26.2 Å². The first kappa shape index (κ1) is 16.2. The zero-order chi connectivity index (χ0) is 15.2. The number of nitrogens with one attached hydrogen (secondary N) is 4. The maximum Gasteiger partial charge on any atom is 0.321 e. The molecule has 3 amide bonds. The highest BCUT2D eigenvalue weighted by Gasteiger charge is 2.30. The fourth-order valence-corrected chi connectivity index (χ4v) is 3.30. The first-order valence-electron chi connectivity index (χ1n) is 8.33. The summed E-state index contributed by atoms with van der Waals surface area (Å²) >= 11 is 0. The van der Waals surface area contributed by atoms with Crippen molar-refractivity contribution in [3.63, 3.8) is 0 Å². The van der Waals surface area contributed by atoms with E-state index in [2.05, 4.69) is 17.7 Å². The van der Waals surface area contributed by atoms with E-state index >= 15 is 0 Å². The van der Waals surface area contributed by atoms with Gasteiger partial charge in [0.25, 0.3) is 5.91 Å². The molecule has 2 rings (SSSR count). The van der Waals surface area contributed by atoms with Crippen LogP contribution in [0.3, 0.4) is 0 Å². The summed E-state index contributed by atoms with van der Waals surface area (Å²) in [7, 11) is 2.18. The summed E-state index contributed by atoms with van der Waals surface area (Å²) in [6.45, 7) is 6.07. The molecule has 0 aromatic rings. The number of amides is 3. The lowest BCUT2D eigenvalue weighted by Crippen LogP contribution is -3.29. The van der Waals surface area contributed by atoms with Crippen LogP contribution in [0.15, 0.2) is 0 Å². The van der Waals surface area contributed by atoms with Crippen molar-refractivity contribution in [3.8, 4) is 0 Å². The summed E-state index contributed by atoms with van der Waals surface area (Å²) in [5.41, 5.74) is 0. The third kappa shape index (κ3) is 4.97. The van der Waals surface area contributed by atoms with Gasteiger partial charge in [-0.25, -0.2) is 4.79 Å². The number of imide groups is 1. The van der Waals surface area contributed by atoms with E-state index in [1.807, 2.05) is 6.92 Å². The van der Waals surface area contributed by atoms with Gasteiger partial charge in [-0.3, -0.25) is 10.1 Å². The molecule has 1 saturated heterocycles. The summed E-state index contributed by atoms with van der Waals surface area (Å²) < 4.78 is 0. The van der Waals surface area contributed by atoms with Crippen molar-refractivity contribution in [2.75, 3.05) is 33.2 Å². The Morgan fingerprint density at radius 3 is 2.29 bits per heavy atom. The summed E-state index contributed by atoms with van der Waals surface area (Å²) in [5, 5.41) is 5.45. The van der Waals surface area contributed by atoms with Crippen LogP contribution < -0.4 is 20.4 Å². The number of piperazine rings is 1. The molecule has 0 aromatic carbocycles. The van der Waals surface area contributed by atoms with Crippen LogP contribution in [0, 0.1) is 0 Å². The van der Waals surface area contributed by atoms with Gasteiger partial charge in [-0.2, -0.15) is 0 Å². The van der Waals surface area contributed by atoms with Crippen molar-refractivity contribution >= 4 is 11.9 Å². The van der Waals surface area contributed by atoms with Gasteiger partial charge in [-0.1, -0.05) is 19.3 Å². The lowest BCUT2D eigenvalue weighted by atomic mass is 9.96. The van der Waals surface area contributed by atoms with Gasteiger partial charge >= 0.3 is 6.03 Å². The lowest BCUT2D eigenvalue weighted by molar-refractivity contribution is -1.01. The summed E-state index contributed by atoms with van der Waals surface area (Å²) in [4.78, 5) is 26.9. The van der Waals surface area contributed by atoms with Crippen molar-refractivity contribution in [1.29, 1.82) is 0 Å². The Kier molecular flexibility index (Phi) is 5.99. The zero-order valence-electron chi connectivity index (χ0n) is 13.3. The van der Waals surface area contributed by atoms with Crippen molar-refractivity contribution in [1.82, 2.24) is 10.6 Å². The molecular weight excluding hydrogens is 268 g/mol. The van der Waals surface area contributed by atoms with Crippen molar-refractivity contribution in [3.05, 3.63) is 0 Å².